The SMILES string of the molecule is CCSCc1noc(C(C)O)n1. The highest BCUT2D eigenvalue weighted by molar-refractivity contribution is 7.98. The first-order valence-corrected chi connectivity index (χ1v) is 4.97. The first-order chi connectivity index (χ1) is 5.74. The van der Waals surface area contributed by atoms with Gasteiger partial charge in [-0.25, -0.2) is 0 Å². The predicted octanol–water partition coefficient (Wildman–Crippen LogP) is 1.38. The van der Waals surface area contributed by atoms with Gasteiger partial charge in [0.1, 0.15) is 6.10 Å². The number of rotatable bonds is 4. The summed E-state index contributed by atoms with van der Waals surface area (Å²) in [7, 11) is 0. The van der Waals surface area contributed by atoms with E-state index in [1.54, 1.807) is 18.7 Å². The number of hydrogen-bond donors (Lipinski definition) is 1. The van der Waals surface area contributed by atoms with Crippen molar-refractivity contribution in [2.75, 3.05) is 5.75 Å². The highest BCUT2D eigenvalue weighted by Gasteiger charge is 2.10. The van der Waals surface area contributed by atoms with E-state index in [0.29, 0.717) is 11.7 Å². The van der Waals surface area contributed by atoms with Crippen molar-refractivity contribution in [3.05, 3.63) is 11.7 Å². The van der Waals surface area contributed by atoms with Crippen molar-refractivity contribution in [2.24, 2.45) is 0 Å². The Morgan fingerprint density at radius 2 is 2.42 bits per heavy atom. The Labute approximate surface area is 75.4 Å². The van der Waals surface area contributed by atoms with E-state index < -0.39 is 6.10 Å². The van der Waals surface area contributed by atoms with Gasteiger partial charge in [0, 0.05) is 0 Å². The highest BCUT2D eigenvalue weighted by atomic mass is 32.2. The molecule has 1 N–H and O–H groups in total. The van der Waals surface area contributed by atoms with Gasteiger partial charge in [0.25, 0.3) is 5.89 Å². The average molecular weight is 188 g/mol. The Hall–Kier alpha value is -0.550. The van der Waals surface area contributed by atoms with Crippen molar-refractivity contribution in [2.45, 2.75) is 25.7 Å². The summed E-state index contributed by atoms with van der Waals surface area (Å²) in [4.78, 5) is 4.00. The van der Waals surface area contributed by atoms with Crippen molar-refractivity contribution in [1.29, 1.82) is 0 Å². The molecule has 0 aromatic carbocycles. The Morgan fingerprint density at radius 3 is 2.92 bits per heavy atom. The second kappa shape index (κ2) is 4.47. The molecule has 0 saturated heterocycles. The third-order valence-corrected chi connectivity index (χ3v) is 2.15. The molecule has 1 aromatic heterocycles. The zero-order chi connectivity index (χ0) is 8.97. The van der Waals surface area contributed by atoms with Crippen LogP contribution in [0.5, 0.6) is 0 Å². The first-order valence-electron chi connectivity index (χ1n) is 3.82. The van der Waals surface area contributed by atoms with E-state index in [9.17, 15) is 0 Å². The molecule has 0 radical (unpaired) electrons. The number of hydrogen-bond acceptors (Lipinski definition) is 5. The molecule has 4 nitrogen and oxygen atoms in total. The van der Waals surface area contributed by atoms with Gasteiger partial charge < -0.3 is 9.63 Å². The Balaban J connectivity index is 2.52. The Morgan fingerprint density at radius 1 is 1.67 bits per heavy atom. The smallest absolute Gasteiger partial charge is 0.255 e. The molecule has 1 rings (SSSR count). The van der Waals surface area contributed by atoms with Gasteiger partial charge in [-0.05, 0) is 12.7 Å². The number of aliphatic hydroxyl groups excluding tert-OH is 1. The van der Waals surface area contributed by atoms with Gasteiger partial charge in [-0.1, -0.05) is 12.1 Å². The molecule has 0 bridgehead atoms. The lowest BCUT2D eigenvalue weighted by Crippen LogP contribution is -1.91. The monoisotopic (exact) mass is 188 g/mol. The van der Waals surface area contributed by atoms with Crippen LogP contribution in [0.3, 0.4) is 0 Å². The van der Waals surface area contributed by atoms with Crippen molar-refractivity contribution in [3.63, 3.8) is 0 Å². The second-order valence-electron chi connectivity index (χ2n) is 2.36. The van der Waals surface area contributed by atoms with Gasteiger partial charge in [-0.2, -0.15) is 16.7 Å². The molecule has 0 aliphatic carbocycles. The van der Waals surface area contributed by atoms with Crippen LogP contribution in [-0.2, 0) is 5.75 Å². The number of aliphatic hydroxyl groups is 1. The summed E-state index contributed by atoms with van der Waals surface area (Å²) in [5, 5.41) is 12.8. The minimum absolute atomic E-state index is 0.293. The van der Waals surface area contributed by atoms with Crippen LogP contribution in [0.25, 0.3) is 0 Å². The normalized spacial score (nSPS) is 13.2. The third kappa shape index (κ3) is 2.49. The van der Waals surface area contributed by atoms with E-state index in [1.165, 1.54) is 0 Å². The molecular weight excluding hydrogens is 176 g/mol. The van der Waals surface area contributed by atoms with E-state index in [0.717, 1.165) is 11.5 Å². The standard InChI is InChI=1S/C7H12N2O2S/c1-3-12-4-6-8-7(5(2)10)11-9-6/h5,10H,3-4H2,1-2H3. The fourth-order valence-electron chi connectivity index (χ4n) is 0.689. The van der Waals surface area contributed by atoms with Gasteiger partial charge in [0.2, 0.25) is 0 Å². The summed E-state index contributed by atoms with van der Waals surface area (Å²) in [6.45, 7) is 3.67. The van der Waals surface area contributed by atoms with E-state index in [4.69, 9.17) is 9.63 Å². The Bertz CT molecular complexity index is 237. The van der Waals surface area contributed by atoms with E-state index in [2.05, 4.69) is 17.1 Å². The van der Waals surface area contributed by atoms with Crippen molar-refractivity contribution >= 4 is 11.8 Å². The summed E-state index contributed by atoms with van der Waals surface area (Å²) >= 11 is 1.72. The molecule has 1 atom stereocenters. The molecule has 1 heterocycles. The summed E-state index contributed by atoms with van der Waals surface area (Å²) in [5.41, 5.74) is 0. The molecule has 0 aliphatic rings. The average Bonchev–Trinajstić information content (AvgIpc) is 2.48. The maximum absolute atomic E-state index is 9.06. The molecule has 1 aromatic rings. The van der Waals surface area contributed by atoms with Crippen LogP contribution in [0.1, 0.15) is 31.7 Å². The van der Waals surface area contributed by atoms with Crippen LogP contribution in [0.2, 0.25) is 0 Å². The number of thioether (sulfide) groups is 1. The predicted molar refractivity (Wildman–Crippen MR) is 46.8 cm³/mol. The summed E-state index contributed by atoms with van der Waals surface area (Å²) in [5.74, 6) is 2.71. The van der Waals surface area contributed by atoms with E-state index in [-0.39, 0.29) is 0 Å². The van der Waals surface area contributed by atoms with Gasteiger partial charge in [0.05, 0.1) is 5.75 Å². The van der Waals surface area contributed by atoms with Crippen LogP contribution in [-0.4, -0.2) is 21.0 Å². The summed E-state index contributed by atoms with van der Waals surface area (Å²) in [6.07, 6.45) is -0.669. The van der Waals surface area contributed by atoms with Crippen LogP contribution >= 0.6 is 11.8 Å². The van der Waals surface area contributed by atoms with E-state index in [1.807, 2.05) is 0 Å². The minimum atomic E-state index is -0.669. The fraction of sp³-hybridized carbons (Fsp3) is 0.714. The molecule has 0 aliphatic heterocycles. The quantitative estimate of drug-likeness (QED) is 0.773. The minimum Gasteiger partial charge on any atom is -0.384 e. The zero-order valence-electron chi connectivity index (χ0n) is 7.15. The van der Waals surface area contributed by atoms with Crippen molar-refractivity contribution < 1.29 is 9.63 Å². The lowest BCUT2D eigenvalue weighted by molar-refractivity contribution is 0.151. The molecule has 0 saturated carbocycles. The lowest BCUT2D eigenvalue weighted by atomic mass is 10.4. The maximum Gasteiger partial charge on any atom is 0.255 e. The number of aromatic nitrogens is 2. The molecule has 68 valence electrons. The van der Waals surface area contributed by atoms with Crippen molar-refractivity contribution in [1.82, 2.24) is 10.1 Å². The van der Waals surface area contributed by atoms with E-state index >= 15 is 0 Å². The number of nitrogens with zero attached hydrogens (tertiary/aromatic N) is 2. The second-order valence-corrected chi connectivity index (χ2v) is 3.64. The van der Waals surface area contributed by atoms with Crippen LogP contribution in [0.4, 0.5) is 0 Å². The van der Waals surface area contributed by atoms with Gasteiger partial charge in [-0.15, -0.1) is 0 Å². The summed E-state index contributed by atoms with van der Waals surface area (Å²) < 4.78 is 4.80. The largest absolute Gasteiger partial charge is 0.384 e. The first kappa shape index (κ1) is 9.54. The Kier molecular flexibility index (Phi) is 3.55. The van der Waals surface area contributed by atoms with Crippen LogP contribution < -0.4 is 0 Å². The van der Waals surface area contributed by atoms with Gasteiger partial charge in [0.15, 0.2) is 5.82 Å². The highest BCUT2D eigenvalue weighted by Crippen LogP contribution is 2.12. The lowest BCUT2D eigenvalue weighted by Gasteiger charge is -1.92. The molecule has 5 heteroatoms. The maximum atomic E-state index is 9.06. The van der Waals surface area contributed by atoms with Gasteiger partial charge >= 0.3 is 0 Å². The molecule has 12 heavy (non-hydrogen) atoms. The molecular formula is C7H12N2O2S. The fourth-order valence-corrected chi connectivity index (χ4v) is 1.19. The molecule has 0 spiro atoms. The third-order valence-electron chi connectivity index (χ3n) is 1.28. The summed E-state index contributed by atoms with van der Waals surface area (Å²) in [6, 6.07) is 0. The zero-order valence-corrected chi connectivity index (χ0v) is 7.97. The van der Waals surface area contributed by atoms with Crippen molar-refractivity contribution in [3.8, 4) is 0 Å². The molecule has 1 unspecified atom stereocenters. The molecule has 0 amide bonds. The topological polar surface area (TPSA) is 59.2 Å². The van der Waals surface area contributed by atoms with Crippen LogP contribution in [0.15, 0.2) is 4.52 Å². The van der Waals surface area contributed by atoms with Gasteiger partial charge in [-0.3, -0.25) is 0 Å². The van der Waals surface area contributed by atoms with Crippen LogP contribution in [0, 0.1) is 0 Å². The molecule has 0 fully saturated rings.